The Morgan fingerprint density at radius 1 is 1.09 bits per heavy atom. The van der Waals surface area contributed by atoms with Crippen LogP contribution in [0.15, 0.2) is 47.4 Å². The molecule has 2 heterocycles. The maximum Gasteiger partial charge on any atom is 0.243 e. The monoisotopic (exact) mass is 334 g/mol. The van der Waals surface area contributed by atoms with Crippen molar-refractivity contribution in [3.8, 4) is 17.1 Å². The molecule has 1 fully saturated rings. The molecule has 1 saturated heterocycles. The van der Waals surface area contributed by atoms with Gasteiger partial charge in [0.25, 0.3) is 0 Å². The molecular formula is C16H18N2O4S. The number of aromatic nitrogens is 1. The SMILES string of the molecule is COc1cccc(-c2ccc(S(=O)(=O)N3CCOCC3)cc2)n1. The smallest absolute Gasteiger partial charge is 0.243 e. The van der Waals surface area contributed by atoms with E-state index < -0.39 is 10.0 Å². The van der Waals surface area contributed by atoms with Crippen LogP contribution in [0.4, 0.5) is 0 Å². The average Bonchev–Trinajstić information content (AvgIpc) is 2.62. The molecule has 1 aliphatic heterocycles. The van der Waals surface area contributed by atoms with Crippen LogP contribution in [0.1, 0.15) is 0 Å². The minimum Gasteiger partial charge on any atom is -0.481 e. The van der Waals surface area contributed by atoms with Crippen molar-refractivity contribution in [2.75, 3.05) is 33.4 Å². The molecule has 0 bridgehead atoms. The lowest BCUT2D eigenvalue weighted by Gasteiger charge is -2.26. The molecule has 23 heavy (non-hydrogen) atoms. The van der Waals surface area contributed by atoms with Gasteiger partial charge in [0.05, 0.1) is 30.9 Å². The molecule has 0 saturated carbocycles. The number of hydrogen-bond donors (Lipinski definition) is 0. The summed E-state index contributed by atoms with van der Waals surface area (Å²) in [5.41, 5.74) is 1.57. The first-order chi connectivity index (χ1) is 11.1. The van der Waals surface area contributed by atoms with Crippen molar-refractivity contribution in [2.45, 2.75) is 4.90 Å². The Balaban J connectivity index is 1.86. The van der Waals surface area contributed by atoms with Crippen molar-refractivity contribution in [2.24, 2.45) is 0 Å². The van der Waals surface area contributed by atoms with E-state index in [4.69, 9.17) is 9.47 Å². The van der Waals surface area contributed by atoms with E-state index in [0.717, 1.165) is 11.3 Å². The second-order valence-corrected chi connectivity index (χ2v) is 7.04. The van der Waals surface area contributed by atoms with Crippen LogP contribution in [-0.2, 0) is 14.8 Å². The first-order valence-electron chi connectivity index (χ1n) is 7.30. The van der Waals surface area contributed by atoms with E-state index in [-0.39, 0.29) is 4.90 Å². The first kappa shape index (κ1) is 15.9. The summed E-state index contributed by atoms with van der Waals surface area (Å²) in [6.07, 6.45) is 0. The molecule has 1 aromatic heterocycles. The van der Waals surface area contributed by atoms with Crippen molar-refractivity contribution in [3.63, 3.8) is 0 Å². The molecule has 0 atom stereocenters. The molecule has 0 spiro atoms. The van der Waals surface area contributed by atoms with E-state index >= 15 is 0 Å². The normalized spacial score (nSPS) is 16.2. The maximum atomic E-state index is 12.6. The molecule has 6 nitrogen and oxygen atoms in total. The zero-order valence-electron chi connectivity index (χ0n) is 12.8. The minimum atomic E-state index is -3.47. The lowest BCUT2D eigenvalue weighted by Crippen LogP contribution is -2.40. The molecule has 2 aromatic rings. The van der Waals surface area contributed by atoms with E-state index in [1.54, 1.807) is 37.4 Å². The number of methoxy groups -OCH3 is 1. The Morgan fingerprint density at radius 3 is 2.43 bits per heavy atom. The van der Waals surface area contributed by atoms with Crippen molar-refractivity contribution in [1.82, 2.24) is 9.29 Å². The first-order valence-corrected chi connectivity index (χ1v) is 8.74. The number of benzene rings is 1. The van der Waals surface area contributed by atoms with Gasteiger partial charge in [-0.1, -0.05) is 18.2 Å². The maximum absolute atomic E-state index is 12.6. The van der Waals surface area contributed by atoms with Gasteiger partial charge < -0.3 is 9.47 Å². The lowest BCUT2D eigenvalue weighted by atomic mass is 10.1. The third-order valence-corrected chi connectivity index (χ3v) is 5.60. The standard InChI is InChI=1S/C16H18N2O4S/c1-21-16-4-2-3-15(17-16)13-5-7-14(8-6-13)23(19,20)18-9-11-22-12-10-18/h2-8H,9-12H2,1H3. The van der Waals surface area contributed by atoms with Crippen LogP contribution >= 0.6 is 0 Å². The van der Waals surface area contributed by atoms with Crippen molar-refractivity contribution in [3.05, 3.63) is 42.5 Å². The zero-order valence-corrected chi connectivity index (χ0v) is 13.6. The predicted molar refractivity (Wildman–Crippen MR) is 85.8 cm³/mol. The minimum absolute atomic E-state index is 0.283. The van der Waals surface area contributed by atoms with Crippen LogP contribution in [0, 0.1) is 0 Å². The summed E-state index contributed by atoms with van der Waals surface area (Å²) < 4.78 is 36.9. The Bertz CT molecular complexity index is 769. The number of hydrogen-bond acceptors (Lipinski definition) is 5. The lowest BCUT2D eigenvalue weighted by molar-refractivity contribution is 0.0730. The molecule has 7 heteroatoms. The van der Waals surface area contributed by atoms with Crippen LogP contribution < -0.4 is 4.74 Å². The van der Waals surface area contributed by atoms with Crippen molar-refractivity contribution in [1.29, 1.82) is 0 Å². The molecule has 0 aliphatic carbocycles. The summed E-state index contributed by atoms with van der Waals surface area (Å²) in [4.78, 5) is 4.63. The Hall–Kier alpha value is -1.96. The van der Waals surface area contributed by atoms with Crippen LogP contribution in [0.25, 0.3) is 11.3 Å². The topological polar surface area (TPSA) is 68.7 Å². The number of morpholine rings is 1. The molecule has 0 amide bonds. The van der Waals surface area contributed by atoms with E-state index in [9.17, 15) is 8.42 Å². The summed E-state index contributed by atoms with van der Waals surface area (Å²) in [6, 6.07) is 12.2. The summed E-state index contributed by atoms with van der Waals surface area (Å²) >= 11 is 0. The summed E-state index contributed by atoms with van der Waals surface area (Å²) in [7, 11) is -1.91. The molecule has 0 unspecified atom stereocenters. The second-order valence-electron chi connectivity index (χ2n) is 5.11. The van der Waals surface area contributed by atoms with Crippen LogP contribution in [0.3, 0.4) is 0 Å². The molecule has 0 N–H and O–H groups in total. The fourth-order valence-corrected chi connectivity index (χ4v) is 3.83. The van der Waals surface area contributed by atoms with E-state index in [2.05, 4.69) is 4.98 Å². The van der Waals surface area contributed by atoms with Gasteiger partial charge in [0.15, 0.2) is 0 Å². The average molecular weight is 334 g/mol. The fraction of sp³-hybridized carbons (Fsp3) is 0.312. The highest BCUT2D eigenvalue weighted by Gasteiger charge is 2.26. The van der Waals surface area contributed by atoms with Gasteiger partial charge in [0, 0.05) is 24.7 Å². The second kappa shape index (κ2) is 6.66. The predicted octanol–water partition coefficient (Wildman–Crippen LogP) is 1.78. The molecule has 0 radical (unpaired) electrons. The number of rotatable bonds is 4. The van der Waals surface area contributed by atoms with E-state index in [1.807, 2.05) is 12.1 Å². The van der Waals surface area contributed by atoms with Gasteiger partial charge in [-0.25, -0.2) is 13.4 Å². The molecule has 1 aliphatic rings. The number of pyridine rings is 1. The Kier molecular flexibility index (Phi) is 4.61. The summed E-state index contributed by atoms with van der Waals surface area (Å²) in [5, 5.41) is 0. The van der Waals surface area contributed by atoms with E-state index in [1.165, 1.54) is 4.31 Å². The van der Waals surface area contributed by atoms with Gasteiger partial charge in [-0.3, -0.25) is 0 Å². The summed E-state index contributed by atoms with van der Waals surface area (Å²) in [6.45, 7) is 1.65. The quantitative estimate of drug-likeness (QED) is 0.852. The largest absolute Gasteiger partial charge is 0.481 e. The fourth-order valence-electron chi connectivity index (χ4n) is 2.42. The molecular weight excluding hydrogens is 316 g/mol. The highest BCUT2D eigenvalue weighted by molar-refractivity contribution is 7.89. The van der Waals surface area contributed by atoms with Crippen LogP contribution in [-0.4, -0.2) is 51.1 Å². The van der Waals surface area contributed by atoms with Crippen molar-refractivity contribution >= 4 is 10.0 Å². The third-order valence-electron chi connectivity index (χ3n) is 3.69. The third kappa shape index (κ3) is 3.36. The molecule has 3 rings (SSSR count). The van der Waals surface area contributed by atoms with Crippen molar-refractivity contribution < 1.29 is 17.9 Å². The van der Waals surface area contributed by atoms with Gasteiger partial charge in [-0.2, -0.15) is 4.31 Å². The van der Waals surface area contributed by atoms with Gasteiger partial charge in [-0.05, 0) is 18.2 Å². The highest BCUT2D eigenvalue weighted by Crippen LogP contribution is 2.23. The number of nitrogens with zero attached hydrogens (tertiary/aromatic N) is 2. The van der Waals surface area contributed by atoms with E-state index in [0.29, 0.717) is 32.2 Å². The summed E-state index contributed by atoms with van der Waals surface area (Å²) in [5.74, 6) is 0.521. The molecule has 122 valence electrons. The molecule has 1 aromatic carbocycles. The number of sulfonamides is 1. The zero-order chi connectivity index (χ0) is 16.3. The van der Waals surface area contributed by atoms with Crippen LogP contribution in [0.2, 0.25) is 0 Å². The van der Waals surface area contributed by atoms with Gasteiger partial charge >= 0.3 is 0 Å². The van der Waals surface area contributed by atoms with Gasteiger partial charge in [0.2, 0.25) is 15.9 Å². The van der Waals surface area contributed by atoms with Gasteiger partial charge in [0.1, 0.15) is 0 Å². The Morgan fingerprint density at radius 2 is 1.78 bits per heavy atom. The Labute approximate surface area is 135 Å². The van der Waals surface area contributed by atoms with Crippen LogP contribution in [0.5, 0.6) is 5.88 Å². The number of ether oxygens (including phenoxy) is 2. The highest BCUT2D eigenvalue weighted by atomic mass is 32.2. The van der Waals surface area contributed by atoms with Gasteiger partial charge in [-0.15, -0.1) is 0 Å².